The fourth-order valence-electron chi connectivity index (χ4n) is 1.93. The SMILES string of the molecule is NC(=Nc1ccc(CCBr)cc1)Nc1cccc(C(F)(F)F)c1. The molecule has 23 heavy (non-hydrogen) atoms. The zero-order chi connectivity index (χ0) is 16.9. The number of nitrogens with two attached hydrogens (primary N) is 1. The van der Waals surface area contributed by atoms with E-state index < -0.39 is 11.7 Å². The molecule has 0 unspecified atom stereocenters. The molecule has 0 aliphatic rings. The van der Waals surface area contributed by atoms with Gasteiger partial charge in [-0.3, -0.25) is 0 Å². The van der Waals surface area contributed by atoms with Gasteiger partial charge in [-0.25, -0.2) is 4.99 Å². The van der Waals surface area contributed by atoms with Crippen LogP contribution in [-0.4, -0.2) is 11.3 Å². The van der Waals surface area contributed by atoms with Crippen molar-refractivity contribution in [2.24, 2.45) is 10.7 Å². The summed E-state index contributed by atoms with van der Waals surface area (Å²) in [5.74, 6) is 0.0255. The molecule has 3 N–H and O–H groups in total. The van der Waals surface area contributed by atoms with Crippen LogP contribution in [0.1, 0.15) is 11.1 Å². The van der Waals surface area contributed by atoms with Crippen molar-refractivity contribution in [3.63, 3.8) is 0 Å². The molecular formula is C16H15BrF3N3. The summed E-state index contributed by atoms with van der Waals surface area (Å²) in [6.45, 7) is 0. The van der Waals surface area contributed by atoms with E-state index in [-0.39, 0.29) is 11.6 Å². The number of hydrogen-bond donors (Lipinski definition) is 2. The number of benzene rings is 2. The van der Waals surface area contributed by atoms with Gasteiger partial charge >= 0.3 is 6.18 Å². The van der Waals surface area contributed by atoms with Crippen LogP contribution in [0, 0.1) is 0 Å². The van der Waals surface area contributed by atoms with Gasteiger partial charge in [-0.05, 0) is 42.3 Å². The Balaban J connectivity index is 2.10. The topological polar surface area (TPSA) is 50.4 Å². The first kappa shape index (κ1) is 17.3. The van der Waals surface area contributed by atoms with Crippen LogP contribution in [0.25, 0.3) is 0 Å². The fourth-order valence-corrected chi connectivity index (χ4v) is 2.39. The van der Waals surface area contributed by atoms with Gasteiger partial charge in [0.15, 0.2) is 5.96 Å². The Morgan fingerprint density at radius 3 is 2.43 bits per heavy atom. The summed E-state index contributed by atoms with van der Waals surface area (Å²) < 4.78 is 38.0. The molecule has 0 amide bonds. The Morgan fingerprint density at radius 1 is 1.13 bits per heavy atom. The van der Waals surface area contributed by atoms with E-state index in [4.69, 9.17) is 5.73 Å². The Morgan fingerprint density at radius 2 is 1.83 bits per heavy atom. The average Bonchev–Trinajstić information content (AvgIpc) is 2.49. The highest BCUT2D eigenvalue weighted by Crippen LogP contribution is 2.30. The molecule has 0 saturated carbocycles. The molecule has 2 aromatic rings. The maximum absolute atomic E-state index is 12.7. The van der Waals surface area contributed by atoms with Crippen LogP contribution in [0.4, 0.5) is 24.5 Å². The number of alkyl halides is 4. The molecule has 3 nitrogen and oxygen atoms in total. The molecule has 0 atom stereocenters. The summed E-state index contributed by atoms with van der Waals surface area (Å²) in [4.78, 5) is 4.14. The van der Waals surface area contributed by atoms with Gasteiger partial charge in [-0.2, -0.15) is 13.2 Å². The lowest BCUT2D eigenvalue weighted by atomic mass is 10.1. The Bertz CT molecular complexity index is 682. The molecule has 0 bridgehead atoms. The highest BCUT2D eigenvalue weighted by Gasteiger charge is 2.30. The van der Waals surface area contributed by atoms with E-state index in [1.165, 1.54) is 12.1 Å². The number of nitrogens with zero attached hydrogens (tertiary/aromatic N) is 1. The highest BCUT2D eigenvalue weighted by molar-refractivity contribution is 9.09. The van der Waals surface area contributed by atoms with E-state index >= 15 is 0 Å². The van der Waals surface area contributed by atoms with E-state index in [2.05, 4.69) is 26.2 Å². The second kappa shape index (κ2) is 7.50. The number of anilines is 1. The third-order valence-corrected chi connectivity index (χ3v) is 3.43. The van der Waals surface area contributed by atoms with Gasteiger partial charge in [0.05, 0.1) is 11.3 Å². The molecule has 0 aliphatic heterocycles. The molecule has 0 radical (unpaired) electrons. The summed E-state index contributed by atoms with van der Waals surface area (Å²) in [6.07, 6.45) is -3.49. The van der Waals surface area contributed by atoms with Crippen LogP contribution < -0.4 is 11.1 Å². The van der Waals surface area contributed by atoms with Gasteiger partial charge in [-0.1, -0.05) is 34.1 Å². The predicted molar refractivity (Wildman–Crippen MR) is 90.3 cm³/mol. The van der Waals surface area contributed by atoms with Crippen molar-refractivity contribution < 1.29 is 13.2 Å². The highest BCUT2D eigenvalue weighted by atomic mass is 79.9. The summed E-state index contributed by atoms with van der Waals surface area (Å²) in [5.41, 5.74) is 7.02. The molecule has 0 saturated heterocycles. The number of hydrogen-bond acceptors (Lipinski definition) is 1. The third kappa shape index (κ3) is 5.28. The van der Waals surface area contributed by atoms with Crippen LogP contribution >= 0.6 is 15.9 Å². The molecule has 0 aliphatic carbocycles. The van der Waals surface area contributed by atoms with Gasteiger partial charge in [0, 0.05) is 11.0 Å². The minimum atomic E-state index is -4.39. The summed E-state index contributed by atoms with van der Waals surface area (Å²) in [7, 11) is 0. The molecule has 0 heterocycles. The molecule has 7 heteroatoms. The Labute approximate surface area is 140 Å². The van der Waals surface area contributed by atoms with Crippen molar-refractivity contribution in [1.82, 2.24) is 0 Å². The first-order chi connectivity index (χ1) is 10.9. The lowest BCUT2D eigenvalue weighted by Crippen LogP contribution is -2.22. The largest absolute Gasteiger partial charge is 0.416 e. The molecule has 2 rings (SSSR count). The molecular weight excluding hydrogens is 371 g/mol. The number of aliphatic imine (C=N–C) groups is 1. The third-order valence-electron chi connectivity index (χ3n) is 3.03. The van der Waals surface area contributed by atoms with Crippen molar-refractivity contribution >= 4 is 33.3 Å². The number of nitrogens with one attached hydrogen (secondary N) is 1. The van der Waals surface area contributed by atoms with E-state index in [1.54, 1.807) is 12.1 Å². The fraction of sp³-hybridized carbons (Fsp3) is 0.188. The Kier molecular flexibility index (Phi) is 5.65. The zero-order valence-corrected chi connectivity index (χ0v) is 13.7. The monoisotopic (exact) mass is 385 g/mol. The van der Waals surface area contributed by atoms with Crippen LogP contribution in [0.5, 0.6) is 0 Å². The van der Waals surface area contributed by atoms with E-state index in [0.29, 0.717) is 5.69 Å². The Hall–Kier alpha value is -2.02. The van der Waals surface area contributed by atoms with Crippen molar-refractivity contribution in [2.75, 3.05) is 10.6 Å². The summed E-state index contributed by atoms with van der Waals surface area (Å²) in [5, 5.41) is 3.53. The van der Waals surface area contributed by atoms with Gasteiger partial charge < -0.3 is 11.1 Å². The predicted octanol–water partition coefficient (Wildman–Crippen LogP) is 4.70. The summed E-state index contributed by atoms with van der Waals surface area (Å²) >= 11 is 3.36. The maximum atomic E-state index is 12.7. The number of aryl methyl sites for hydroxylation is 1. The molecule has 0 aromatic heterocycles. The molecule has 0 spiro atoms. The normalized spacial score (nSPS) is 12.3. The van der Waals surface area contributed by atoms with Crippen LogP contribution in [-0.2, 0) is 12.6 Å². The minimum Gasteiger partial charge on any atom is -0.369 e. The van der Waals surface area contributed by atoms with Crippen molar-refractivity contribution in [2.45, 2.75) is 12.6 Å². The van der Waals surface area contributed by atoms with Gasteiger partial charge in [0.1, 0.15) is 0 Å². The lowest BCUT2D eigenvalue weighted by molar-refractivity contribution is -0.137. The lowest BCUT2D eigenvalue weighted by Gasteiger charge is -2.10. The molecule has 2 aromatic carbocycles. The quantitative estimate of drug-likeness (QED) is 0.455. The first-order valence-corrected chi connectivity index (χ1v) is 7.94. The van der Waals surface area contributed by atoms with Crippen LogP contribution in [0.15, 0.2) is 53.5 Å². The molecule has 122 valence electrons. The first-order valence-electron chi connectivity index (χ1n) is 6.82. The van der Waals surface area contributed by atoms with Gasteiger partial charge in [0.25, 0.3) is 0 Å². The molecule has 0 fully saturated rings. The maximum Gasteiger partial charge on any atom is 0.416 e. The number of guanidine groups is 1. The van der Waals surface area contributed by atoms with Crippen molar-refractivity contribution in [3.05, 3.63) is 59.7 Å². The number of rotatable bonds is 4. The second-order valence-electron chi connectivity index (χ2n) is 4.81. The van der Waals surface area contributed by atoms with E-state index in [9.17, 15) is 13.2 Å². The zero-order valence-electron chi connectivity index (χ0n) is 12.1. The standard InChI is InChI=1S/C16H15BrF3N3/c17-9-8-11-4-6-13(7-5-11)22-15(21)23-14-3-1-2-12(10-14)16(18,19)20/h1-7,10H,8-9H2,(H3,21,22,23). The average molecular weight is 386 g/mol. The minimum absolute atomic E-state index is 0.0255. The van der Waals surface area contributed by atoms with E-state index in [1.807, 2.05) is 12.1 Å². The second-order valence-corrected chi connectivity index (χ2v) is 5.60. The van der Waals surface area contributed by atoms with Gasteiger partial charge in [0.2, 0.25) is 0 Å². The van der Waals surface area contributed by atoms with Crippen molar-refractivity contribution in [3.8, 4) is 0 Å². The van der Waals surface area contributed by atoms with Crippen molar-refractivity contribution in [1.29, 1.82) is 0 Å². The smallest absolute Gasteiger partial charge is 0.369 e. The van der Waals surface area contributed by atoms with Gasteiger partial charge in [-0.15, -0.1) is 0 Å². The summed E-state index contributed by atoms with van der Waals surface area (Å²) in [6, 6.07) is 12.3. The van der Waals surface area contributed by atoms with Crippen LogP contribution in [0.2, 0.25) is 0 Å². The number of halogens is 4. The van der Waals surface area contributed by atoms with Crippen LogP contribution in [0.3, 0.4) is 0 Å². The van der Waals surface area contributed by atoms with E-state index in [0.717, 1.165) is 29.4 Å².